The van der Waals surface area contributed by atoms with Crippen LogP contribution in [0, 0.1) is 0 Å². The molecule has 0 spiro atoms. The first-order chi connectivity index (χ1) is 4.86. The molecule has 0 fully saturated rings. The van der Waals surface area contributed by atoms with Gasteiger partial charge < -0.3 is 9.63 Å². The van der Waals surface area contributed by atoms with Crippen molar-refractivity contribution < 1.29 is 9.63 Å². The Morgan fingerprint density at radius 1 is 1.70 bits per heavy atom. The number of aliphatic hydroxyl groups is 1. The predicted octanol–water partition coefficient (Wildman–Crippen LogP) is 0.524. The molecular weight excluding hydrogens is 130 g/mol. The highest BCUT2D eigenvalue weighted by Gasteiger charge is 2.19. The zero-order chi connectivity index (χ0) is 6.97. The fourth-order valence-corrected chi connectivity index (χ4v) is 1.31. The molecule has 1 atom stereocenters. The molecule has 0 amide bonds. The van der Waals surface area contributed by atoms with Crippen LogP contribution in [0.15, 0.2) is 10.7 Å². The van der Waals surface area contributed by atoms with Gasteiger partial charge in [-0.1, -0.05) is 5.16 Å². The molecule has 1 aromatic rings. The van der Waals surface area contributed by atoms with Crippen molar-refractivity contribution in [3.8, 4) is 0 Å². The van der Waals surface area contributed by atoms with Gasteiger partial charge in [-0.25, -0.2) is 0 Å². The first kappa shape index (κ1) is 5.92. The van der Waals surface area contributed by atoms with E-state index in [2.05, 4.69) is 5.16 Å². The zero-order valence-corrected chi connectivity index (χ0v) is 5.58. The lowest BCUT2D eigenvalue weighted by Crippen LogP contribution is -2.16. The molecule has 0 saturated heterocycles. The Labute approximate surface area is 58.6 Å². The Hall–Kier alpha value is -0.830. The second-order valence-corrected chi connectivity index (χ2v) is 2.67. The summed E-state index contributed by atoms with van der Waals surface area (Å²) < 4.78 is 4.94. The van der Waals surface area contributed by atoms with E-state index in [0.717, 1.165) is 24.2 Å². The topological polar surface area (TPSA) is 46.3 Å². The summed E-state index contributed by atoms with van der Waals surface area (Å²) in [7, 11) is 0. The van der Waals surface area contributed by atoms with Gasteiger partial charge in [0.1, 0.15) is 5.76 Å². The van der Waals surface area contributed by atoms with Crippen LogP contribution in [0.4, 0.5) is 0 Å². The highest BCUT2D eigenvalue weighted by Crippen LogP contribution is 2.20. The summed E-state index contributed by atoms with van der Waals surface area (Å²) in [5, 5.41) is 12.9. The maximum absolute atomic E-state index is 9.20. The highest BCUT2D eigenvalue weighted by molar-refractivity contribution is 5.17. The first-order valence-corrected chi connectivity index (χ1v) is 3.47. The third-order valence-corrected chi connectivity index (χ3v) is 1.89. The van der Waals surface area contributed by atoms with Gasteiger partial charge >= 0.3 is 0 Å². The third kappa shape index (κ3) is 0.827. The largest absolute Gasteiger partial charge is 0.393 e. The van der Waals surface area contributed by atoms with Crippen LogP contribution < -0.4 is 0 Å². The molecule has 54 valence electrons. The second-order valence-electron chi connectivity index (χ2n) is 2.67. The SMILES string of the molecule is O[C@H]1CCc2oncc2C1. The number of rotatable bonds is 0. The standard InChI is InChI=1S/C7H9NO2/c9-6-1-2-7-5(3-6)4-8-10-7/h4,6,9H,1-3H2/t6-/m0/s1. The molecule has 0 aromatic carbocycles. The number of nitrogens with zero attached hydrogens (tertiary/aromatic N) is 1. The van der Waals surface area contributed by atoms with Gasteiger partial charge in [0.25, 0.3) is 0 Å². The molecule has 10 heavy (non-hydrogen) atoms. The molecule has 1 aliphatic rings. The van der Waals surface area contributed by atoms with Crippen molar-refractivity contribution in [2.24, 2.45) is 0 Å². The minimum Gasteiger partial charge on any atom is -0.393 e. The number of hydrogen-bond donors (Lipinski definition) is 1. The second kappa shape index (κ2) is 2.09. The molecule has 0 aliphatic heterocycles. The molecule has 2 rings (SSSR count). The molecule has 1 aromatic heterocycles. The monoisotopic (exact) mass is 139 g/mol. The van der Waals surface area contributed by atoms with Gasteiger partial charge in [0.2, 0.25) is 0 Å². The van der Waals surface area contributed by atoms with E-state index in [4.69, 9.17) is 4.52 Å². The molecule has 0 radical (unpaired) electrons. The van der Waals surface area contributed by atoms with Crippen LogP contribution in [-0.4, -0.2) is 16.4 Å². The van der Waals surface area contributed by atoms with Gasteiger partial charge in [-0.05, 0) is 6.42 Å². The van der Waals surface area contributed by atoms with E-state index in [1.165, 1.54) is 0 Å². The van der Waals surface area contributed by atoms with E-state index in [1.54, 1.807) is 6.20 Å². The van der Waals surface area contributed by atoms with Crippen molar-refractivity contribution in [2.75, 3.05) is 0 Å². The predicted molar refractivity (Wildman–Crippen MR) is 34.5 cm³/mol. The molecule has 1 aliphatic carbocycles. The molecule has 0 unspecified atom stereocenters. The summed E-state index contributed by atoms with van der Waals surface area (Å²) in [4.78, 5) is 0. The van der Waals surface area contributed by atoms with Crippen molar-refractivity contribution in [1.82, 2.24) is 5.16 Å². The molecule has 1 N–H and O–H groups in total. The average Bonchev–Trinajstić information content (AvgIpc) is 2.33. The van der Waals surface area contributed by atoms with Gasteiger partial charge in [0, 0.05) is 18.4 Å². The Morgan fingerprint density at radius 2 is 2.60 bits per heavy atom. The maximum atomic E-state index is 9.20. The number of aromatic nitrogens is 1. The van der Waals surface area contributed by atoms with Gasteiger partial charge in [-0.3, -0.25) is 0 Å². The fraction of sp³-hybridized carbons (Fsp3) is 0.571. The molecule has 3 nitrogen and oxygen atoms in total. The minimum atomic E-state index is -0.188. The summed E-state index contributed by atoms with van der Waals surface area (Å²) in [6.45, 7) is 0. The first-order valence-electron chi connectivity index (χ1n) is 3.47. The van der Waals surface area contributed by atoms with E-state index in [1.807, 2.05) is 0 Å². The van der Waals surface area contributed by atoms with Gasteiger partial charge in [0.05, 0.1) is 12.3 Å². The Balaban J connectivity index is 2.30. The zero-order valence-electron chi connectivity index (χ0n) is 5.58. The lowest BCUT2D eigenvalue weighted by molar-refractivity contribution is 0.153. The van der Waals surface area contributed by atoms with Crippen LogP contribution in [0.25, 0.3) is 0 Å². The van der Waals surface area contributed by atoms with Crippen LogP contribution in [0.1, 0.15) is 17.7 Å². The molecular formula is C7H9NO2. The van der Waals surface area contributed by atoms with E-state index < -0.39 is 0 Å². The molecule has 1 heterocycles. The Morgan fingerprint density at radius 3 is 3.50 bits per heavy atom. The van der Waals surface area contributed by atoms with Crippen LogP contribution in [0.5, 0.6) is 0 Å². The summed E-state index contributed by atoms with van der Waals surface area (Å²) in [5.74, 6) is 0.949. The Bertz CT molecular complexity index is 231. The highest BCUT2D eigenvalue weighted by atomic mass is 16.5. The fourth-order valence-electron chi connectivity index (χ4n) is 1.31. The molecule has 3 heteroatoms. The van der Waals surface area contributed by atoms with Crippen molar-refractivity contribution >= 4 is 0 Å². The number of aryl methyl sites for hydroxylation is 1. The number of aliphatic hydroxyl groups excluding tert-OH is 1. The number of fused-ring (bicyclic) bond motifs is 1. The maximum Gasteiger partial charge on any atom is 0.140 e. The van der Waals surface area contributed by atoms with Crippen molar-refractivity contribution in [2.45, 2.75) is 25.4 Å². The summed E-state index contributed by atoms with van der Waals surface area (Å²) in [6, 6.07) is 0. The van der Waals surface area contributed by atoms with E-state index in [9.17, 15) is 5.11 Å². The van der Waals surface area contributed by atoms with E-state index >= 15 is 0 Å². The van der Waals surface area contributed by atoms with Gasteiger partial charge in [-0.2, -0.15) is 0 Å². The Kier molecular flexibility index (Phi) is 1.24. The third-order valence-electron chi connectivity index (χ3n) is 1.89. The van der Waals surface area contributed by atoms with Crippen molar-refractivity contribution in [3.05, 3.63) is 17.5 Å². The molecule has 0 saturated carbocycles. The van der Waals surface area contributed by atoms with E-state index in [-0.39, 0.29) is 6.10 Å². The summed E-state index contributed by atoms with van der Waals surface area (Å²) in [6.07, 6.45) is 3.85. The van der Waals surface area contributed by atoms with Gasteiger partial charge in [0.15, 0.2) is 0 Å². The van der Waals surface area contributed by atoms with Crippen molar-refractivity contribution in [1.29, 1.82) is 0 Å². The van der Waals surface area contributed by atoms with Crippen LogP contribution in [0.2, 0.25) is 0 Å². The van der Waals surface area contributed by atoms with E-state index in [0.29, 0.717) is 6.42 Å². The molecule has 0 bridgehead atoms. The minimum absolute atomic E-state index is 0.188. The normalized spacial score (nSPS) is 24.3. The lowest BCUT2D eigenvalue weighted by Gasteiger charge is -2.13. The van der Waals surface area contributed by atoms with Crippen molar-refractivity contribution in [3.63, 3.8) is 0 Å². The van der Waals surface area contributed by atoms with Gasteiger partial charge in [-0.15, -0.1) is 0 Å². The average molecular weight is 139 g/mol. The number of hydrogen-bond acceptors (Lipinski definition) is 3. The quantitative estimate of drug-likeness (QED) is 0.570. The summed E-state index contributed by atoms with van der Waals surface area (Å²) in [5.41, 5.74) is 1.07. The van der Waals surface area contributed by atoms with Crippen LogP contribution in [-0.2, 0) is 12.8 Å². The summed E-state index contributed by atoms with van der Waals surface area (Å²) >= 11 is 0. The van der Waals surface area contributed by atoms with Crippen LogP contribution in [0.3, 0.4) is 0 Å². The smallest absolute Gasteiger partial charge is 0.140 e. The van der Waals surface area contributed by atoms with Crippen LogP contribution >= 0.6 is 0 Å². The lowest BCUT2D eigenvalue weighted by atomic mass is 9.97.